The third-order valence-electron chi connectivity index (χ3n) is 3.24. The second-order valence-electron chi connectivity index (χ2n) is 4.63. The Morgan fingerprint density at radius 2 is 1.95 bits per heavy atom. The van der Waals surface area contributed by atoms with Crippen LogP contribution in [0.3, 0.4) is 0 Å². The molecule has 3 rings (SSSR count). The van der Waals surface area contributed by atoms with Gasteiger partial charge in [-0.3, -0.25) is 4.79 Å². The molecule has 0 fully saturated rings. The molecule has 0 saturated heterocycles. The normalized spacial score (nSPS) is 12.0. The molecule has 0 saturated carbocycles. The summed E-state index contributed by atoms with van der Waals surface area (Å²) in [5.74, 6) is -1.71. The first-order chi connectivity index (χ1) is 10.2. The molecule has 3 aromatic rings. The average Bonchev–Trinajstić information content (AvgIpc) is 2.92. The predicted octanol–water partition coefficient (Wildman–Crippen LogP) is 4.53. The molecular weight excluding hydrogens is 285 g/mol. The van der Waals surface area contributed by atoms with Gasteiger partial charge in [-0.05, 0) is 35.2 Å². The van der Waals surface area contributed by atoms with Gasteiger partial charge in [-0.25, -0.2) is 4.39 Å². The third kappa shape index (κ3) is 2.56. The first kappa shape index (κ1) is 13.5. The van der Waals surface area contributed by atoms with Crippen molar-refractivity contribution in [3.8, 4) is 6.07 Å². The molecule has 2 aromatic carbocycles. The Labute approximate surface area is 125 Å². The lowest BCUT2D eigenvalue weighted by Gasteiger charge is -2.06. The molecule has 1 atom stereocenters. The SMILES string of the molecule is N#CC(C(=O)c1cc2ccccc2s1)c1cccc(F)c1. The smallest absolute Gasteiger partial charge is 0.194 e. The fourth-order valence-electron chi connectivity index (χ4n) is 2.22. The predicted molar refractivity (Wildman–Crippen MR) is 80.9 cm³/mol. The lowest BCUT2D eigenvalue weighted by atomic mass is 9.95. The highest BCUT2D eigenvalue weighted by Crippen LogP contribution is 2.30. The first-order valence-corrected chi connectivity index (χ1v) is 7.18. The Morgan fingerprint density at radius 1 is 1.14 bits per heavy atom. The molecule has 0 radical (unpaired) electrons. The highest BCUT2D eigenvalue weighted by molar-refractivity contribution is 7.20. The molecule has 2 nitrogen and oxygen atoms in total. The maximum Gasteiger partial charge on any atom is 0.194 e. The van der Waals surface area contributed by atoms with Crippen molar-refractivity contribution < 1.29 is 9.18 Å². The van der Waals surface area contributed by atoms with Gasteiger partial charge in [0.15, 0.2) is 5.78 Å². The van der Waals surface area contributed by atoms with Crippen molar-refractivity contribution in [1.29, 1.82) is 5.26 Å². The van der Waals surface area contributed by atoms with Crippen molar-refractivity contribution in [1.82, 2.24) is 0 Å². The average molecular weight is 295 g/mol. The van der Waals surface area contributed by atoms with Crippen LogP contribution in [0.2, 0.25) is 0 Å². The minimum absolute atomic E-state index is 0.288. The number of fused-ring (bicyclic) bond motifs is 1. The number of Topliss-reactive ketones (excluding diaryl/α,β-unsaturated/α-hetero) is 1. The van der Waals surface area contributed by atoms with E-state index in [-0.39, 0.29) is 5.78 Å². The van der Waals surface area contributed by atoms with Gasteiger partial charge in [0.05, 0.1) is 10.9 Å². The van der Waals surface area contributed by atoms with Gasteiger partial charge in [0, 0.05) is 4.70 Å². The number of thiophene rings is 1. The van der Waals surface area contributed by atoms with Crippen molar-refractivity contribution in [3.05, 3.63) is 70.9 Å². The summed E-state index contributed by atoms with van der Waals surface area (Å²) in [4.78, 5) is 13.0. The van der Waals surface area contributed by atoms with Gasteiger partial charge in [-0.1, -0.05) is 30.3 Å². The summed E-state index contributed by atoms with van der Waals surface area (Å²) >= 11 is 1.35. The molecule has 0 bridgehead atoms. The van der Waals surface area contributed by atoms with Gasteiger partial charge in [0.2, 0.25) is 0 Å². The van der Waals surface area contributed by atoms with E-state index >= 15 is 0 Å². The van der Waals surface area contributed by atoms with E-state index in [0.717, 1.165) is 10.1 Å². The second kappa shape index (κ2) is 5.47. The quantitative estimate of drug-likeness (QED) is 0.666. The topological polar surface area (TPSA) is 40.9 Å². The fraction of sp³-hybridized carbons (Fsp3) is 0.0588. The second-order valence-corrected chi connectivity index (χ2v) is 5.71. The summed E-state index contributed by atoms with van der Waals surface area (Å²) in [6, 6.07) is 17.1. The number of hydrogen-bond acceptors (Lipinski definition) is 3. The van der Waals surface area contributed by atoms with Crippen LogP contribution in [0.4, 0.5) is 4.39 Å². The zero-order valence-corrected chi connectivity index (χ0v) is 11.7. The van der Waals surface area contributed by atoms with Crippen LogP contribution >= 0.6 is 11.3 Å². The number of carbonyl (C=O) groups excluding carboxylic acids is 1. The maximum atomic E-state index is 13.3. The Balaban J connectivity index is 2.01. The molecule has 0 spiro atoms. The van der Waals surface area contributed by atoms with Crippen molar-refractivity contribution in [2.75, 3.05) is 0 Å². The Bertz CT molecular complexity index is 829. The molecule has 1 heterocycles. The minimum atomic E-state index is -0.978. The number of rotatable bonds is 3. The number of nitriles is 1. The first-order valence-electron chi connectivity index (χ1n) is 6.37. The zero-order valence-electron chi connectivity index (χ0n) is 10.9. The van der Waals surface area contributed by atoms with E-state index < -0.39 is 11.7 Å². The van der Waals surface area contributed by atoms with Gasteiger partial charge < -0.3 is 0 Å². The zero-order chi connectivity index (χ0) is 14.8. The number of hydrogen-bond donors (Lipinski definition) is 0. The molecule has 0 amide bonds. The molecule has 0 aliphatic heterocycles. The number of carbonyl (C=O) groups is 1. The molecule has 0 aliphatic rings. The Kier molecular flexibility index (Phi) is 3.51. The van der Waals surface area contributed by atoms with Crippen molar-refractivity contribution in [2.45, 2.75) is 5.92 Å². The molecular formula is C17H10FNOS. The van der Waals surface area contributed by atoms with Crippen LogP contribution in [0.25, 0.3) is 10.1 Å². The highest BCUT2D eigenvalue weighted by Gasteiger charge is 2.23. The minimum Gasteiger partial charge on any atom is -0.291 e. The number of ketones is 1. The van der Waals surface area contributed by atoms with E-state index in [1.807, 2.05) is 30.3 Å². The van der Waals surface area contributed by atoms with E-state index in [1.165, 1.54) is 29.5 Å². The molecule has 4 heteroatoms. The largest absolute Gasteiger partial charge is 0.291 e. The summed E-state index contributed by atoms with van der Waals surface area (Å²) in [6.45, 7) is 0. The van der Waals surface area contributed by atoms with Crippen LogP contribution in [0.1, 0.15) is 21.2 Å². The Hall–Kier alpha value is -2.51. The van der Waals surface area contributed by atoms with Crippen molar-refractivity contribution in [3.63, 3.8) is 0 Å². The molecule has 102 valence electrons. The standard InChI is InChI=1S/C17H10FNOS/c18-13-6-3-5-11(8-13)14(10-19)17(20)16-9-12-4-1-2-7-15(12)21-16/h1-9,14H. The van der Waals surface area contributed by atoms with Gasteiger partial charge in [0.1, 0.15) is 11.7 Å². The summed E-state index contributed by atoms with van der Waals surface area (Å²) in [5, 5.41) is 10.3. The lowest BCUT2D eigenvalue weighted by Crippen LogP contribution is -2.09. The van der Waals surface area contributed by atoms with Gasteiger partial charge >= 0.3 is 0 Å². The fourth-order valence-corrected chi connectivity index (χ4v) is 3.25. The monoisotopic (exact) mass is 295 g/mol. The van der Waals surface area contributed by atoms with E-state index in [2.05, 4.69) is 0 Å². The molecule has 0 N–H and O–H groups in total. The van der Waals surface area contributed by atoms with Crippen LogP contribution in [-0.2, 0) is 0 Å². The Morgan fingerprint density at radius 3 is 2.67 bits per heavy atom. The molecule has 21 heavy (non-hydrogen) atoms. The highest BCUT2D eigenvalue weighted by atomic mass is 32.1. The van der Waals surface area contributed by atoms with E-state index in [1.54, 1.807) is 12.1 Å². The molecule has 1 unspecified atom stereocenters. The summed E-state index contributed by atoms with van der Waals surface area (Å²) in [6.07, 6.45) is 0. The molecule has 0 aliphatic carbocycles. The number of benzene rings is 2. The lowest BCUT2D eigenvalue weighted by molar-refractivity contribution is 0.0983. The number of nitrogens with zero attached hydrogens (tertiary/aromatic N) is 1. The van der Waals surface area contributed by atoms with E-state index in [9.17, 15) is 14.4 Å². The van der Waals surface area contributed by atoms with Gasteiger partial charge in [-0.15, -0.1) is 11.3 Å². The van der Waals surface area contributed by atoms with Crippen LogP contribution in [0, 0.1) is 17.1 Å². The van der Waals surface area contributed by atoms with Crippen molar-refractivity contribution in [2.24, 2.45) is 0 Å². The van der Waals surface area contributed by atoms with Gasteiger partial charge in [0.25, 0.3) is 0 Å². The third-order valence-corrected chi connectivity index (χ3v) is 4.37. The van der Waals surface area contributed by atoms with Crippen molar-refractivity contribution >= 4 is 27.2 Å². The van der Waals surface area contributed by atoms with E-state index in [0.29, 0.717) is 10.4 Å². The number of halogens is 1. The summed E-state index contributed by atoms with van der Waals surface area (Å²) in [7, 11) is 0. The maximum absolute atomic E-state index is 13.3. The summed E-state index contributed by atoms with van der Waals surface area (Å²) < 4.78 is 14.3. The van der Waals surface area contributed by atoms with Crippen LogP contribution < -0.4 is 0 Å². The molecule has 1 aromatic heterocycles. The van der Waals surface area contributed by atoms with Crippen LogP contribution in [-0.4, -0.2) is 5.78 Å². The van der Waals surface area contributed by atoms with Crippen LogP contribution in [0.5, 0.6) is 0 Å². The van der Waals surface area contributed by atoms with Crippen LogP contribution in [0.15, 0.2) is 54.6 Å². The van der Waals surface area contributed by atoms with E-state index in [4.69, 9.17) is 0 Å². The summed E-state index contributed by atoms with van der Waals surface area (Å²) in [5.41, 5.74) is 0.389. The van der Waals surface area contributed by atoms with Gasteiger partial charge in [-0.2, -0.15) is 5.26 Å².